The number of pyridine rings is 1. The van der Waals surface area contributed by atoms with Gasteiger partial charge < -0.3 is 34.0 Å². The molecule has 0 saturated heterocycles. The molecule has 0 bridgehead atoms. The third-order valence-electron chi connectivity index (χ3n) is 2.38. The van der Waals surface area contributed by atoms with E-state index in [1.807, 2.05) is 42.1 Å². The van der Waals surface area contributed by atoms with Crippen LogP contribution in [0.2, 0.25) is 0 Å². The number of hydrogen-bond acceptors (Lipinski definition) is 2. The molecule has 1 amide bonds. The second kappa shape index (κ2) is 5.81. The number of halogens is 1. The summed E-state index contributed by atoms with van der Waals surface area (Å²) in [4.78, 5) is 11.2. The summed E-state index contributed by atoms with van der Waals surface area (Å²) < 4.78 is 7.11. The smallest absolute Gasteiger partial charge is 0.412 e. The first-order valence-electron chi connectivity index (χ1n) is 4.99. The maximum Gasteiger partial charge on any atom is 0.412 e. The number of hydrogen-bond donors (Lipinski definition) is 1. The van der Waals surface area contributed by atoms with Crippen LogP contribution < -0.4 is 38.6 Å². The minimum atomic E-state index is -0.462. The molecule has 1 aromatic heterocycles. The van der Waals surface area contributed by atoms with Crippen molar-refractivity contribution in [3.63, 3.8) is 0 Å². The van der Waals surface area contributed by atoms with Crippen LogP contribution in [0.5, 0.6) is 5.75 Å². The fraction of sp³-hybridized carbons (Fsp3) is 0.167. The number of ether oxygens (including phenoxy) is 1. The van der Waals surface area contributed by atoms with Crippen molar-refractivity contribution in [3.8, 4) is 5.75 Å². The highest BCUT2D eigenvalue weighted by Gasteiger charge is 2.13. The van der Waals surface area contributed by atoms with Crippen molar-refractivity contribution >= 4 is 17.0 Å². The van der Waals surface area contributed by atoms with Crippen molar-refractivity contribution < 1.29 is 38.1 Å². The standard InChI is InChI=1S/C12H12N2O2.HI/c1-13-12(15)16-10-7-3-5-9-6-4-8-14(2)11(9)10;/h3-8H,1-2H3;1H. The number of fused-ring (bicyclic) bond motifs is 1. The van der Waals surface area contributed by atoms with Gasteiger partial charge in [-0.15, -0.1) is 0 Å². The predicted molar refractivity (Wildman–Crippen MR) is 60.2 cm³/mol. The van der Waals surface area contributed by atoms with E-state index in [1.54, 1.807) is 6.07 Å². The SMILES string of the molecule is CNC(=O)Oc1cccc2ccc[n+](C)c12.[I-]. The molecule has 0 aliphatic heterocycles. The van der Waals surface area contributed by atoms with Gasteiger partial charge in [-0.2, -0.15) is 4.57 Å². The Morgan fingerprint density at radius 1 is 1.29 bits per heavy atom. The van der Waals surface area contributed by atoms with Crippen molar-refractivity contribution in [2.75, 3.05) is 7.05 Å². The minimum absolute atomic E-state index is 0. The van der Waals surface area contributed by atoms with E-state index in [4.69, 9.17) is 4.74 Å². The van der Waals surface area contributed by atoms with Crippen LogP contribution in [0, 0.1) is 0 Å². The number of carbonyl (C=O) groups excluding carboxylic acids is 1. The molecule has 0 aliphatic carbocycles. The second-order valence-corrected chi connectivity index (χ2v) is 3.45. The summed E-state index contributed by atoms with van der Waals surface area (Å²) in [6.07, 6.45) is 1.45. The maximum absolute atomic E-state index is 11.2. The Morgan fingerprint density at radius 3 is 2.71 bits per heavy atom. The zero-order valence-corrected chi connectivity index (χ0v) is 11.8. The highest BCUT2D eigenvalue weighted by molar-refractivity contribution is 5.84. The van der Waals surface area contributed by atoms with Gasteiger partial charge >= 0.3 is 6.09 Å². The molecule has 2 aromatic rings. The summed E-state index contributed by atoms with van der Waals surface area (Å²) in [5, 5.41) is 3.46. The predicted octanol–water partition coefficient (Wildman–Crippen LogP) is -1.61. The van der Waals surface area contributed by atoms with Crippen molar-refractivity contribution in [2.45, 2.75) is 0 Å². The number of aromatic nitrogens is 1. The molecule has 17 heavy (non-hydrogen) atoms. The quantitative estimate of drug-likeness (QED) is 0.500. The van der Waals surface area contributed by atoms with Crippen LogP contribution in [-0.4, -0.2) is 13.1 Å². The molecule has 0 saturated carbocycles. The van der Waals surface area contributed by atoms with Gasteiger partial charge in [0.15, 0.2) is 6.20 Å². The van der Waals surface area contributed by atoms with Gasteiger partial charge in [-0.25, -0.2) is 4.79 Å². The molecule has 0 spiro atoms. The lowest BCUT2D eigenvalue weighted by molar-refractivity contribution is -0.645. The number of aryl methyl sites for hydroxylation is 1. The fourth-order valence-electron chi connectivity index (χ4n) is 1.63. The Bertz CT molecular complexity index is 538. The molecule has 0 fully saturated rings. The first-order chi connectivity index (χ1) is 7.72. The molecule has 2 rings (SSSR count). The largest absolute Gasteiger partial charge is 1.00 e. The van der Waals surface area contributed by atoms with Crippen LogP contribution in [-0.2, 0) is 7.05 Å². The zero-order valence-electron chi connectivity index (χ0n) is 9.61. The summed E-state index contributed by atoms with van der Waals surface area (Å²) in [5.41, 5.74) is 0.897. The minimum Gasteiger partial charge on any atom is -1.00 e. The molecule has 1 aromatic carbocycles. The molecule has 0 radical (unpaired) electrons. The van der Waals surface area contributed by atoms with Gasteiger partial charge in [0.25, 0.3) is 5.52 Å². The van der Waals surface area contributed by atoms with E-state index in [2.05, 4.69) is 5.32 Å². The van der Waals surface area contributed by atoms with Crippen LogP contribution in [0.1, 0.15) is 0 Å². The molecular weight excluding hydrogens is 331 g/mol. The normalized spacial score (nSPS) is 9.53. The topological polar surface area (TPSA) is 42.2 Å². The van der Waals surface area contributed by atoms with Crippen LogP contribution in [0.15, 0.2) is 36.5 Å². The van der Waals surface area contributed by atoms with Gasteiger partial charge in [0.2, 0.25) is 5.75 Å². The molecular formula is C12H13IN2O2. The van der Waals surface area contributed by atoms with Gasteiger partial charge in [0, 0.05) is 13.1 Å². The van der Waals surface area contributed by atoms with Gasteiger partial charge in [0.1, 0.15) is 7.05 Å². The first kappa shape index (κ1) is 13.7. The number of benzene rings is 1. The zero-order chi connectivity index (χ0) is 11.5. The molecule has 4 nitrogen and oxygen atoms in total. The highest BCUT2D eigenvalue weighted by atomic mass is 127. The summed E-state index contributed by atoms with van der Waals surface area (Å²) in [6, 6.07) is 9.54. The van der Waals surface area contributed by atoms with Crippen LogP contribution in [0.25, 0.3) is 10.9 Å². The number of nitrogens with one attached hydrogen (secondary N) is 1. The van der Waals surface area contributed by atoms with E-state index in [-0.39, 0.29) is 24.0 Å². The van der Waals surface area contributed by atoms with Crippen molar-refractivity contribution in [2.24, 2.45) is 7.05 Å². The van der Waals surface area contributed by atoms with E-state index in [1.165, 1.54) is 7.05 Å². The first-order valence-corrected chi connectivity index (χ1v) is 4.99. The van der Waals surface area contributed by atoms with Gasteiger partial charge in [-0.05, 0) is 18.2 Å². The monoisotopic (exact) mass is 344 g/mol. The number of amides is 1. The Kier molecular flexibility index (Phi) is 4.68. The van der Waals surface area contributed by atoms with Crippen molar-refractivity contribution in [1.29, 1.82) is 0 Å². The molecule has 1 heterocycles. The average Bonchev–Trinajstić information content (AvgIpc) is 2.29. The maximum atomic E-state index is 11.2. The number of nitrogens with zero attached hydrogens (tertiary/aromatic N) is 1. The van der Waals surface area contributed by atoms with Gasteiger partial charge in [0.05, 0.1) is 5.39 Å². The summed E-state index contributed by atoms with van der Waals surface area (Å²) in [6.45, 7) is 0. The van der Waals surface area contributed by atoms with Crippen LogP contribution >= 0.6 is 0 Å². The lowest BCUT2D eigenvalue weighted by Gasteiger charge is -2.04. The van der Waals surface area contributed by atoms with E-state index < -0.39 is 6.09 Å². The van der Waals surface area contributed by atoms with Crippen molar-refractivity contribution in [1.82, 2.24) is 5.32 Å². The van der Waals surface area contributed by atoms with Gasteiger partial charge in [-0.3, -0.25) is 0 Å². The van der Waals surface area contributed by atoms with Crippen molar-refractivity contribution in [3.05, 3.63) is 36.5 Å². The number of rotatable bonds is 1. The third-order valence-corrected chi connectivity index (χ3v) is 2.38. The van der Waals surface area contributed by atoms with E-state index in [9.17, 15) is 4.79 Å². The molecule has 0 aliphatic rings. The van der Waals surface area contributed by atoms with E-state index in [0.717, 1.165) is 10.9 Å². The Balaban J connectivity index is 0.00000144. The highest BCUT2D eigenvalue weighted by Crippen LogP contribution is 2.21. The lowest BCUT2D eigenvalue weighted by Crippen LogP contribution is -3.00. The molecule has 0 unspecified atom stereocenters. The Morgan fingerprint density at radius 2 is 2.00 bits per heavy atom. The molecule has 1 N–H and O–H groups in total. The number of carbonyl (C=O) groups is 1. The molecule has 90 valence electrons. The number of para-hydroxylation sites is 1. The Hall–Kier alpha value is -1.37. The fourth-order valence-corrected chi connectivity index (χ4v) is 1.63. The molecule has 5 heteroatoms. The lowest BCUT2D eigenvalue weighted by atomic mass is 10.2. The van der Waals surface area contributed by atoms with Crippen LogP contribution in [0.4, 0.5) is 4.79 Å². The third kappa shape index (κ3) is 2.85. The summed E-state index contributed by atoms with van der Waals surface area (Å²) in [5.74, 6) is 0.556. The van der Waals surface area contributed by atoms with Gasteiger partial charge in [-0.1, -0.05) is 6.07 Å². The second-order valence-electron chi connectivity index (χ2n) is 3.45. The van der Waals surface area contributed by atoms with E-state index >= 15 is 0 Å². The van der Waals surface area contributed by atoms with Crippen LogP contribution in [0.3, 0.4) is 0 Å². The average molecular weight is 344 g/mol. The molecule has 0 atom stereocenters. The summed E-state index contributed by atoms with van der Waals surface area (Å²) in [7, 11) is 3.45. The Labute approximate surface area is 117 Å². The summed E-state index contributed by atoms with van der Waals surface area (Å²) >= 11 is 0. The van der Waals surface area contributed by atoms with E-state index in [0.29, 0.717) is 5.75 Å².